The fourth-order valence-corrected chi connectivity index (χ4v) is 0.924. The maximum Gasteiger partial charge on any atom is 0.323 e. The second-order valence-corrected chi connectivity index (χ2v) is 4.15. The molecule has 0 heterocycles. The maximum absolute atomic E-state index is 11.4. The van der Waals surface area contributed by atoms with E-state index in [0.717, 1.165) is 0 Å². The third kappa shape index (κ3) is 4.75. The van der Waals surface area contributed by atoms with Crippen LogP contribution in [0.4, 0.5) is 0 Å². The van der Waals surface area contributed by atoms with E-state index in [9.17, 15) is 14.7 Å². The predicted molar refractivity (Wildman–Crippen MR) is 52.0 cm³/mol. The molecule has 0 aromatic heterocycles. The highest BCUT2D eigenvalue weighted by Gasteiger charge is 2.36. The van der Waals surface area contributed by atoms with E-state index in [2.05, 4.69) is 0 Å². The number of aliphatic hydroxyl groups excluding tert-OH is 1. The van der Waals surface area contributed by atoms with Gasteiger partial charge in [-0.25, -0.2) is 0 Å². The molecular formula is C9H17NO5. The quantitative estimate of drug-likeness (QED) is 0.428. The van der Waals surface area contributed by atoms with Gasteiger partial charge in [0.15, 0.2) is 5.92 Å². The predicted octanol–water partition coefficient (Wildman–Crippen LogP) is -0.651. The number of carbonyl (C=O) groups excluding carboxylic acids is 1. The summed E-state index contributed by atoms with van der Waals surface area (Å²) in [6, 6.07) is 0. The summed E-state index contributed by atoms with van der Waals surface area (Å²) in [6.45, 7) is 4.52. The molecule has 4 N–H and O–H groups in total. The molecule has 0 spiro atoms. The number of carboxylic acid groups (broad SMARTS) is 1. The fraction of sp³-hybridized carbons (Fsp3) is 0.778. The minimum atomic E-state index is -1.63. The van der Waals surface area contributed by atoms with Gasteiger partial charge in [-0.15, -0.1) is 0 Å². The van der Waals surface area contributed by atoms with E-state index in [4.69, 9.17) is 15.6 Å². The number of ether oxygens (including phenoxy) is 1. The monoisotopic (exact) mass is 219 g/mol. The van der Waals surface area contributed by atoms with Gasteiger partial charge in [0.25, 0.3) is 0 Å². The van der Waals surface area contributed by atoms with Crippen molar-refractivity contribution in [3.8, 4) is 0 Å². The molecule has 0 rings (SSSR count). The first-order valence-electron chi connectivity index (χ1n) is 4.53. The zero-order valence-electron chi connectivity index (χ0n) is 9.06. The van der Waals surface area contributed by atoms with Crippen molar-refractivity contribution in [2.75, 3.05) is 6.54 Å². The number of carbonyl (C=O) groups is 2. The summed E-state index contributed by atoms with van der Waals surface area (Å²) < 4.78 is 4.85. The van der Waals surface area contributed by atoms with E-state index >= 15 is 0 Å². The molecule has 0 radical (unpaired) electrons. The molecule has 0 aliphatic heterocycles. The molecule has 0 saturated heterocycles. The number of aliphatic hydroxyl groups is 1. The molecule has 0 unspecified atom stereocenters. The summed E-state index contributed by atoms with van der Waals surface area (Å²) in [4.78, 5) is 22.1. The number of carboxylic acids is 1. The Kier molecular flexibility index (Phi) is 4.70. The van der Waals surface area contributed by atoms with Crippen LogP contribution in [0.5, 0.6) is 0 Å². The Morgan fingerprint density at radius 1 is 1.40 bits per heavy atom. The summed E-state index contributed by atoms with van der Waals surface area (Å²) in [5.41, 5.74) is 4.30. The molecule has 0 aromatic rings. The Morgan fingerprint density at radius 3 is 2.13 bits per heavy atom. The molecule has 0 aromatic carbocycles. The maximum atomic E-state index is 11.4. The molecule has 88 valence electrons. The van der Waals surface area contributed by atoms with Crippen molar-refractivity contribution in [1.82, 2.24) is 0 Å². The molecule has 6 nitrogen and oxygen atoms in total. The number of hydrogen-bond donors (Lipinski definition) is 3. The second kappa shape index (κ2) is 5.09. The van der Waals surface area contributed by atoms with Crippen molar-refractivity contribution < 1.29 is 24.5 Å². The lowest BCUT2D eigenvalue weighted by molar-refractivity contribution is -0.171. The highest BCUT2D eigenvalue weighted by Crippen LogP contribution is 2.14. The molecule has 0 aliphatic carbocycles. The molecular weight excluding hydrogens is 202 g/mol. The van der Waals surface area contributed by atoms with Gasteiger partial charge in [-0.2, -0.15) is 0 Å². The lowest BCUT2D eigenvalue weighted by Crippen LogP contribution is -2.42. The minimum Gasteiger partial charge on any atom is -0.481 e. The molecule has 15 heavy (non-hydrogen) atoms. The van der Waals surface area contributed by atoms with Crippen LogP contribution in [0.15, 0.2) is 0 Å². The highest BCUT2D eigenvalue weighted by atomic mass is 16.6. The summed E-state index contributed by atoms with van der Waals surface area (Å²) in [5, 5.41) is 18.0. The van der Waals surface area contributed by atoms with Gasteiger partial charge in [-0.1, -0.05) is 0 Å². The topological polar surface area (TPSA) is 110 Å². The number of rotatable bonds is 4. The average Bonchev–Trinajstić information content (AvgIpc) is 1.99. The van der Waals surface area contributed by atoms with Crippen LogP contribution in [0.25, 0.3) is 0 Å². The van der Waals surface area contributed by atoms with Gasteiger partial charge >= 0.3 is 11.9 Å². The van der Waals surface area contributed by atoms with Crippen LogP contribution >= 0.6 is 0 Å². The number of nitrogens with two attached hydrogens (primary N) is 1. The SMILES string of the molecule is CC(C)(C)OC(=O)[C@@H](C(=O)O)[C@H](O)CN. The van der Waals surface area contributed by atoms with Crippen molar-refractivity contribution in [2.45, 2.75) is 32.5 Å². The lowest BCUT2D eigenvalue weighted by Gasteiger charge is -2.23. The molecule has 0 amide bonds. The first-order chi connectivity index (χ1) is 6.69. The zero-order chi connectivity index (χ0) is 12.2. The van der Waals surface area contributed by atoms with E-state index < -0.39 is 29.6 Å². The van der Waals surface area contributed by atoms with Crippen LogP contribution in [0.2, 0.25) is 0 Å². The van der Waals surface area contributed by atoms with E-state index in [1.165, 1.54) is 0 Å². The molecule has 0 bridgehead atoms. The third-order valence-electron chi connectivity index (χ3n) is 1.55. The minimum absolute atomic E-state index is 0.309. The van der Waals surface area contributed by atoms with E-state index in [1.54, 1.807) is 20.8 Å². The third-order valence-corrected chi connectivity index (χ3v) is 1.55. The lowest BCUT2D eigenvalue weighted by atomic mass is 10.0. The van der Waals surface area contributed by atoms with E-state index in [1.807, 2.05) is 0 Å². The zero-order valence-corrected chi connectivity index (χ0v) is 9.06. The Bertz CT molecular complexity index is 245. The Hall–Kier alpha value is -1.14. The number of esters is 1. The summed E-state index contributed by atoms with van der Waals surface area (Å²) in [6.07, 6.45) is -1.43. The summed E-state index contributed by atoms with van der Waals surface area (Å²) in [5.74, 6) is -4.05. The van der Waals surface area contributed by atoms with E-state index in [0.29, 0.717) is 0 Å². The van der Waals surface area contributed by atoms with Crippen LogP contribution in [-0.4, -0.2) is 40.4 Å². The van der Waals surface area contributed by atoms with Gasteiger partial charge in [0.05, 0.1) is 6.10 Å². The first-order valence-corrected chi connectivity index (χ1v) is 4.53. The van der Waals surface area contributed by atoms with Gasteiger partial charge in [0.2, 0.25) is 0 Å². The van der Waals surface area contributed by atoms with Crippen LogP contribution in [0.3, 0.4) is 0 Å². The van der Waals surface area contributed by atoms with Gasteiger partial charge in [-0.3, -0.25) is 9.59 Å². The molecule has 0 fully saturated rings. The number of hydrogen-bond acceptors (Lipinski definition) is 5. The van der Waals surface area contributed by atoms with Gasteiger partial charge in [0, 0.05) is 6.54 Å². The number of aliphatic carboxylic acids is 1. The van der Waals surface area contributed by atoms with Gasteiger partial charge in [-0.05, 0) is 20.8 Å². The normalized spacial score (nSPS) is 15.5. The average molecular weight is 219 g/mol. The van der Waals surface area contributed by atoms with Crippen LogP contribution in [0.1, 0.15) is 20.8 Å². The van der Waals surface area contributed by atoms with Crippen molar-refractivity contribution in [2.24, 2.45) is 11.7 Å². The molecule has 0 saturated carbocycles. The van der Waals surface area contributed by atoms with Gasteiger partial charge < -0.3 is 20.7 Å². The molecule has 6 heteroatoms. The smallest absolute Gasteiger partial charge is 0.323 e. The highest BCUT2D eigenvalue weighted by molar-refractivity contribution is 5.94. The van der Waals surface area contributed by atoms with Crippen LogP contribution in [0, 0.1) is 5.92 Å². The standard InChI is InChI=1S/C9H17NO5/c1-9(2,3)15-8(14)6(7(12)13)5(11)4-10/h5-6,11H,4,10H2,1-3H3,(H,12,13)/t5-,6-/m1/s1. The molecule has 0 aliphatic rings. The molecule has 2 atom stereocenters. The van der Waals surface area contributed by atoms with Crippen molar-refractivity contribution in [3.05, 3.63) is 0 Å². The Balaban J connectivity index is 4.65. The van der Waals surface area contributed by atoms with Crippen LogP contribution in [-0.2, 0) is 14.3 Å². The largest absolute Gasteiger partial charge is 0.481 e. The summed E-state index contributed by atoms with van der Waals surface area (Å²) in [7, 11) is 0. The van der Waals surface area contributed by atoms with Crippen LogP contribution < -0.4 is 5.73 Å². The fourth-order valence-electron chi connectivity index (χ4n) is 0.924. The Labute approximate surface area is 88.0 Å². The Morgan fingerprint density at radius 2 is 1.87 bits per heavy atom. The van der Waals surface area contributed by atoms with Crippen molar-refractivity contribution in [3.63, 3.8) is 0 Å². The van der Waals surface area contributed by atoms with Crippen molar-refractivity contribution in [1.29, 1.82) is 0 Å². The van der Waals surface area contributed by atoms with Crippen molar-refractivity contribution >= 4 is 11.9 Å². The second-order valence-electron chi connectivity index (χ2n) is 4.15. The first kappa shape index (κ1) is 13.9. The van der Waals surface area contributed by atoms with Gasteiger partial charge in [0.1, 0.15) is 5.60 Å². The van der Waals surface area contributed by atoms with E-state index in [-0.39, 0.29) is 6.54 Å². The summed E-state index contributed by atoms with van der Waals surface area (Å²) >= 11 is 0.